The van der Waals surface area contributed by atoms with E-state index in [-0.39, 0.29) is 5.78 Å². The summed E-state index contributed by atoms with van der Waals surface area (Å²) in [6, 6.07) is 2.49. The second-order valence-electron chi connectivity index (χ2n) is 7.69. The zero-order chi connectivity index (χ0) is 20.1. The third kappa shape index (κ3) is 4.69. The van der Waals surface area contributed by atoms with Crippen LogP contribution in [0, 0.1) is 20.8 Å². The molecule has 6 nitrogen and oxygen atoms in total. The number of rotatable bonds is 9. The van der Waals surface area contributed by atoms with Gasteiger partial charge in [-0.3, -0.25) is 4.79 Å². The summed E-state index contributed by atoms with van der Waals surface area (Å²) >= 11 is 1.52. The largest absolute Gasteiger partial charge is 0.385 e. The normalized spacial score (nSPS) is 15.3. The minimum absolute atomic E-state index is 0.159. The molecule has 28 heavy (non-hydrogen) atoms. The Morgan fingerprint density at radius 3 is 2.68 bits per heavy atom. The molecule has 0 aliphatic heterocycles. The molecule has 0 bridgehead atoms. The molecule has 1 fully saturated rings. The molecular weight excluding hydrogens is 372 g/mol. The van der Waals surface area contributed by atoms with E-state index in [1.807, 2.05) is 19.9 Å². The highest BCUT2D eigenvalue weighted by atomic mass is 32.2. The number of thioether (sulfide) groups is 1. The molecule has 0 aromatic carbocycles. The molecule has 7 heteroatoms. The van der Waals surface area contributed by atoms with Crippen LogP contribution < -0.4 is 0 Å². The van der Waals surface area contributed by atoms with Crippen molar-refractivity contribution in [2.45, 2.75) is 77.0 Å². The van der Waals surface area contributed by atoms with E-state index in [0.29, 0.717) is 11.8 Å². The summed E-state index contributed by atoms with van der Waals surface area (Å²) in [7, 11) is 1.72. The zero-order valence-corrected chi connectivity index (χ0v) is 18.3. The molecular formula is C21H32N4O2S. The molecule has 0 amide bonds. The van der Waals surface area contributed by atoms with Gasteiger partial charge in [0.1, 0.15) is 5.82 Å². The first-order valence-electron chi connectivity index (χ1n) is 10.3. The van der Waals surface area contributed by atoms with Crippen LogP contribution in [0.4, 0.5) is 0 Å². The Hall–Kier alpha value is -1.60. The Bertz CT molecular complexity index is 806. The number of hydrogen-bond acceptors (Lipinski definition) is 5. The Morgan fingerprint density at radius 2 is 1.96 bits per heavy atom. The van der Waals surface area contributed by atoms with Crippen LogP contribution in [0.1, 0.15) is 72.1 Å². The van der Waals surface area contributed by atoms with Gasteiger partial charge in [-0.15, -0.1) is 10.2 Å². The zero-order valence-electron chi connectivity index (χ0n) is 17.5. The molecule has 0 atom stereocenters. The van der Waals surface area contributed by atoms with E-state index in [1.165, 1.54) is 43.9 Å². The lowest BCUT2D eigenvalue weighted by Gasteiger charge is -2.24. The van der Waals surface area contributed by atoms with Gasteiger partial charge in [-0.2, -0.15) is 0 Å². The number of hydrogen-bond donors (Lipinski definition) is 0. The van der Waals surface area contributed by atoms with Gasteiger partial charge < -0.3 is 13.9 Å². The summed E-state index contributed by atoms with van der Waals surface area (Å²) in [5.74, 6) is 1.51. The molecule has 2 aromatic rings. The Morgan fingerprint density at radius 1 is 1.21 bits per heavy atom. The molecule has 2 aromatic heterocycles. The van der Waals surface area contributed by atoms with Crippen molar-refractivity contribution in [2.75, 3.05) is 19.5 Å². The fraction of sp³-hybridized carbons (Fsp3) is 0.667. The first-order chi connectivity index (χ1) is 13.5. The molecule has 0 unspecified atom stereocenters. The summed E-state index contributed by atoms with van der Waals surface area (Å²) < 4.78 is 9.62. The first kappa shape index (κ1) is 21.1. The number of carbonyl (C=O) groups excluding carboxylic acids is 1. The van der Waals surface area contributed by atoms with Crippen LogP contribution in [0.5, 0.6) is 0 Å². The van der Waals surface area contributed by atoms with Crippen molar-refractivity contribution in [3.8, 4) is 0 Å². The number of nitrogens with zero attached hydrogens (tertiary/aromatic N) is 4. The Balaban J connectivity index is 1.67. The third-order valence-corrected chi connectivity index (χ3v) is 6.65. The molecule has 2 heterocycles. The number of carbonyl (C=O) groups is 1. The van der Waals surface area contributed by atoms with Crippen LogP contribution in [0.3, 0.4) is 0 Å². The van der Waals surface area contributed by atoms with Gasteiger partial charge in [-0.05, 0) is 46.1 Å². The maximum absolute atomic E-state index is 12.9. The average molecular weight is 405 g/mol. The van der Waals surface area contributed by atoms with Crippen molar-refractivity contribution in [2.24, 2.45) is 0 Å². The molecule has 1 aliphatic carbocycles. The van der Waals surface area contributed by atoms with E-state index < -0.39 is 0 Å². The highest BCUT2D eigenvalue weighted by molar-refractivity contribution is 7.99. The minimum Gasteiger partial charge on any atom is -0.385 e. The molecule has 1 aliphatic rings. The second-order valence-corrected chi connectivity index (χ2v) is 8.63. The monoisotopic (exact) mass is 404 g/mol. The molecule has 154 valence electrons. The molecule has 0 N–H and O–H groups in total. The van der Waals surface area contributed by atoms with Crippen molar-refractivity contribution >= 4 is 17.5 Å². The lowest BCUT2D eigenvalue weighted by Crippen LogP contribution is -2.15. The third-order valence-electron chi connectivity index (χ3n) is 5.71. The summed E-state index contributed by atoms with van der Waals surface area (Å²) in [5, 5.41) is 9.52. The van der Waals surface area contributed by atoms with Crippen LogP contribution >= 0.6 is 11.8 Å². The smallest absolute Gasteiger partial charge is 0.191 e. The fourth-order valence-electron chi connectivity index (χ4n) is 4.21. The maximum Gasteiger partial charge on any atom is 0.191 e. The van der Waals surface area contributed by atoms with Crippen molar-refractivity contribution in [3.63, 3.8) is 0 Å². The van der Waals surface area contributed by atoms with Crippen LogP contribution in [-0.4, -0.2) is 44.6 Å². The number of aryl methyl sites for hydroxylation is 2. The van der Waals surface area contributed by atoms with Crippen molar-refractivity contribution in [1.82, 2.24) is 19.3 Å². The summed E-state index contributed by atoms with van der Waals surface area (Å²) in [5.41, 5.74) is 3.00. The molecule has 3 rings (SSSR count). The highest BCUT2D eigenvalue weighted by Crippen LogP contribution is 2.32. The molecule has 1 saturated carbocycles. The van der Waals surface area contributed by atoms with Crippen LogP contribution in [0.15, 0.2) is 11.2 Å². The van der Waals surface area contributed by atoms with Crippen molar-refractivity contribution in [1.29, 1.82) is 0 Å². The van der Waals surface area contributed by atoms with Gasteiger partial charge in [0.2, 0.25) is 0 Å². The molecule has 0 spiro atoms. The lowest BCUT2D eigenvalue weighted by molar-refractivity contribution is 0.102. The number of methoxy groups -OCH3 is 1. The lowest BCUT2D eigenvalue weighted by atomic mass is 9.95. The Labute approximate surface area is 172 Å². The van der Waals surface area contributed by atoms with E-state index in [4.69, 9.17) is 4.74 Å². The summed E-state index contributed by atoms with van der Waals surface area (Å²) in [6.07, 6.45) is 7.16. The van der Waals surface area contributed by atoms with Crippen molar-refractivity contribution < 1.29 is 9.53 Å². The summed E-state index contributed by atoms with van der Waals surface area (Å²) in [6.45, 7) is 7.72. The van der Waals surface area contributed by atoms with E-state index in [9.17, 15) is 4.79 Å². The van der Waals surface area contributed by atoms with Gasteiger partial charge in [0.15, 0.2) is 10.9 Å². The van der Waals surface area contributed by atoms with E-state index >= 15 is 0 Å². The number of Topliss-reactive ketones (excluding diaryl/α,β-unsaturated/α-hetero) is 1. The predicted molar refractivity (Wildman–Crippen MR) is 112 cm³/mol. The van der Waals surface area contributed by atoms with Crippen LogP contribution in [0.2, 0.25) is 0 Å². The van der Waals surface area contributed by atoms with E-state index in [0.717, 1.165) is 47.5 Å². The Kier molecular flexibility index (Phi) is 7.35. The first-order valence-corrected chi connectivity index (χ1v) is 11.2. The van der Waals surface area contributed by atoms with Gasteiger partial charge in [0, 0.05) is 43.3 Å². The quantitative estimate of drug-likeness (QED) is 0.349. The number of aromatic nitrogens is 4. The molecule has 0 saturated heterocycles. The van der Waals surface area contributed by atoms with Gasteiger partial charge in [-0.25, -0.2) is 0 Å². The van der Waals surface area contributed by atoms with Gasteiger partial charge >= 0.3 is 0 Å². The highest BCUT2D eigenvalue weighted by Gasteiger charge is 2.23. The summed E-state index contributed by atoms with van der Waals surface area (Å²) in [4.78, 5) is 12.9. The van der Waals surface area contributed by atoms with Crippen LogP contribution in [0.25, 0.3) is 0 Å². The predicted octanol–water partition coefficient (Wildman–Crippen LogP) is 4.52. The van der Waals surface area contributed by atoms with Crippen molar-refractivity contribution in [3.05, 3.63) is 28.8 Å². The van der Waals surface area contributed by atoms with E-state index in [1.54, 1.807) is 7.11 Å². The fourth-order valence-corrected chi connectivity index (χ4v) is 5.14. The number of ether oxygens (including phenoxy) is 1. The average Bonchev–Trinajstić information content (AvgIpc) is 3.21. The minimum atomic E-state index is 0.159. The topological polar surface area (TPSA) is 61.9 Å². The number of ketones is 1. The van der Waals surface area contributed by atoms with Crippen LogP contribution in [-0.2, 0) is 11.3 Å². The van der Waals surface area contributed by atoms with Gasteiger partial charge in [0.05, 0.1) is 5.75 Å². The SMILES string of the molecule is COCCCn1c(C)cc(C(=O)CSc2nnc(C)n2C2CCCCC2)c1C. The van der Waals surface area contributed by atoms with Gasteiger partial charge in [-0.1, -0.05) is 31.0 Å². The standard InChI is InChI=1S/C21H32N4O2S/c1-15-13-19(16(2)24(15)11-8-12-27-4)20(26)14-28-21-23-22-17(3)25(21)18-9-6-5-7-10-18/h13,18H,5-12,14H2,1-4H3. The molecule has 0 radical (unpaired) electrons. The maximum atomic E-state index is 12.9. The van der Waals surface area contributed by atoms with E-state index in [2.05, 4.69) is 26.3 Å². The van der Waals surface area contributed by atoms with Gasteiger partial charge in [0.25, 0.3) is 0 Å². The second kappa shape index (κ2) is 9.74.